The number of aromatic nitrogens is 2. The maximum absolute atomic E-state index is 13.3. The molecule has 0 bridgehead atoms. The van der Waals surface area contributed by atoms with E-state index in [1.165, 1.54) is 14.2 Å². The van der Waals surface area contributed by atoms with Crippen LogP contribution in [0.2, 0.25) is 0 Å². The Morgan fingerprint density at radius 1 is 1.04 bits per heavy atom. The highest BCUT2D eigenvalue weighted by Gasteiger charge is 2.24. The molecule has 0 saturated heterocycles. The summed E-state index contributed by atoms with van der Waals surface area (Å²) in [7, 11) is 8.55. The third kappa shape index (κ3) is 4.91. The van der Waals surface area contributed by atoms with Gasteiger partial charge in [-0.3, -0.25) is 4.79 Å². The van der Waals surface area contributed by atoms with E-state index >= 15 is 0 Å². The highest BCUT2D eigenvalue weighted by Crippen LogP contribution is 2.35. The van der Waals surface area contributed by atoms with Gasteiger partial charge in [-0.1, -0.05) is 0 Å². The van der Waals surface area contributed by atoms with Crippen LogP contribution in [-0.4, -0.2) is 74.2 Å². The van der Waals surface area contributed by atoms with Crippen LogP contribution in [0.3, 0.4) is 0 Å². The molecule has 1 amide bonds. The van der Waals surface area contributed by atoms with E-state index in [0.29, 0.717) is 35.9 Å². The van der Waals surface area contributed by atoms with Crippen molar-refractivity contribution in [3.63, 3.8) is 0 Å². The van der Waals surface area contributed by atoms with Crippen LogP contribution in [-0.2, 0) is 6.54 Å². The number of methoxy groups -OCH3 is 3. The number of imidazole rings is 1. The molecular weight excluding hydrogens is 348 g/mol. The summed E-state index contributed by atoms with van der Waals surface area (Å²) in [5.41, 5.74) is 2.19. The van der Waals surface area contributed by atoms with Gasteiger partial charge in [0.1, 0.15) is 5.75 Å². The maximum atomic E-state index is 13.3. The van der Waals surface area contributed by atoms with E-state index in [-0.39, 0.29) is 5.91 Å². The third-order valence-corrected chi connectivity index (χ3v) is 4.32. The topological polar surface area (TPSA) is 79.9 Å². The lowest BCUT2D eigenvalue weighted by molar-refractivity contribution is 0.0726. The summed E-state index contributed by atoms with van der Waals surface area (Å²) in [5.74, 6) is 1.27. The predicted octanol–water partition coefficient (Wildman–Crippen LogP) is 1.95. The van der Waals surface area contributed by atoms with Crippen LogP contribution in [0, 0.1) is 6.92 Å². The molecule has 27 heavy (non-hydrogen) atoms. The molecule has 0 aliphatic carbocycles. The highest BCUT2D eigenvalue weighted by atomic mass is 16.5. The number of benzene rings is 1. The number of carbonyl (C=O) groups is 1. The number of hydrogen-bond donors (Lipinski definition) is 1. The number of nitrogens with one attached hydrogen (secondary N) is 1. The van der Waals surface area contributed by atoms with Gasteiger partial charge in [-0.15, -0.1) is 0 Å². The molecule has 0 fully saturated rings. The van der Waals surface area contributed by atoms with Crippen LogP contribution >= 0.6 is 0 Å². The molecule has 0 saturated carbocycles. The third-order valence-electron chi connectivity index (χ3n) is 4.32. The first-order chi connectivity index (χ1) is 12.9. The zero-order chi connectivity index (χ0) is 20.0. The van der Waals surface area contributed by atoms with Gasteiger partial charge in [-0.05, 0) is 21.0 Å². The van der Waals surface area contributed by atoms with Gasteiger partial charge in [0.05, 0.1) is 45.5 Å². The molecule has 1 N–H and O–H groups in total. The van der Waals surface area contributed by atoms with Crippen molar-refractivity contribution < 1.29 is 19.0 Å². The Bertz CT molecular complexity index is 773. The monoisotopic (exact) mass is 376 g/mol. The Morgan fingerprint density at radius 2 is 1.67 bits per heavy atom. The molecule has 1 aromatic heterocycles. The number of nitrogens with zero attached hydrogens (tertiary/aromatic N) is 3. The lowest BCUT2D eigenvalue weighted by Crippen LogP contribution is -2.36. The molecule has 1 heterocycles. The second kappa shape index (κ2) is 9.27. The maximum Gasteiger partial charge on any atom is 0.258 e. The average molecular weight is 376 g/mol. The number of likely N-dealkylation sites (N-methyl/N-ethyl adjacent to an activating group) is 1. The molecule has 0 aliphatic rings. The van der Waals surface area contributed by atoms with Crippen molar-refractivity contribution in [2.45, 2.75) is 13.5 Å². The average Bonchev–Trinajstić information content (AvgIpc) is 3.07. The summed E-state index contributed by atoms with van der Waals surface area (Å²) in [6.45, 7) is 3.62. The fourth-order valence-corrected chi connectivity index (χ4v) is 2.67. The standard InChI is InChI=1S/C19H28N4O4/c1-13-15(21-12-20-13)11-23(8-7-22(2)3)19(24)14-9-17(26-5)18(27-6)10-16(14)25-4/h9-10,12H,7-8,11H2,1-6H3,(H,20,21). The Morgan fingerprint density at radius 3 is 2.19 bits per heavy atom. The molecule has 0 atom stereocenters. The molecular formula is C19H28N4O4. The van der Waals surface area contributed by atoms with E-state index in [0.717, 1.165) is 17.9 Å². The first-order valence-corrected chi connectivity index (χ1v) is 8.64. The van der Waals surface area contributed by atoms with Crippen LogP contribution in [0.15, 0.2) is 18.5 Å². The van der Waals surface area contributed by atoms with E-state index in [2.05, 4.69) is 9.97 Å². The van der Waals surface area contributed by atoms with Crippen LogP contribution in [0.1, 0.15) is 21.7 Å². The van der Waals surface area contributed by atoms with Crippen LogP contribution in [0.4, 0.5) is 0 Å². The smallest absolute Gasteiger partial charge is 0.258 e. The van der Waals surface area contributed by atoms with Crippen LogP contribution in [0.5, 0.6) is 17.2 Å². The number of H-pyrrole nitrogens is 1. The molecule has 8 nitrogen and oxygen atoms in total. The largest absolute Gasteiger partial charge is 0.496 e. The SMILES string of the molecule is COc1cc(OC)c(C(=O)N(CCN(C)C)Cc2nc[nH]c2C)cc1OC. The lowest BCUT2D eigenvalue weighted by Gasteiger charge is -2.25. The summed E-state index contributed by atoms with van der Waals surface area (Å²) in [4.78, 5) is 24.5. The summed E-state index contributed by atoms with van der Waals surface area (Å²) in [5, 5.41) is 0. The summed E-state index contributed by atoms with van der Waals surface area (Å²) >= 11 is 0. The second-order valence-corrected chi connectivity index (χ2v) is 6.41. The Hall–Kier alpha value is -2.74. The zero-order valence-corrected chi connectivity index (χ0v) is 16.8. The summed E-state index contributed by atoms with van der Waals surface area (Å²) < 4.78 is 16.1. The van der Waals surface area contributed by atoms with Gasteiger partial charge in [0.2, 0.25) is 0 Å². The van der Waals surface area contributed by atoms with Gasteiger partial charge in [-0.2, -0.15) is 0 Å². The minimum atomic E-state index is -0.156. The van der Waals surface area contributed by atoms with Crippen molar-refractivity contribution in [2.75, 3.05) is 48.5 Å². The number of rotatable bonds is 9. The molecule has 0 unspecified atom stereocenters. The van der Waals surface area contributed by atoms with E-state index in [9.17, 15) is 4.79 Å². The fourth-order valence-electron chi connectivity index (χ4n) is 2.67. The fraction of sp³-hybridized carbons (Fsp3) is 0.474. The number of ether oxygens (including phenoxy) is 3. The summed E-state index contributed by atoms with van der Waals surface area (Å²) in [6.07, 6.45) is 1.64. The highest BCUT2D eigenvalue weighted by molar-refractivity contribution is 5.97. The zero-order valence-electron chi connectivity index (χ0n) is 16.8. The van der Waals surface area contributed by atoms with Crippen molar-refractivity contribution in [1.29, 1.82) is 0 Å². The second-order valence-electron chi connectivity index (χ2n) is 6.41. The Balaban J connectivity index is 2.39. The van der Waals surface area contributed by atoms with E-state index < -0.39 is 0 Å². The van der Waals surface area contributed by atoms with E-state index in [4.69, 9.17) is 14.2 Å². The number of aromatic amines is 1. The first-order valence-electron chi connectivity index (χ1n) is 8.64. The molecule has 0 aliphatic heterocycles. The Labute approximate surface area is 160 Å². The van der Waals surface area contributed by atoms with Crippen molar-refractivity contribution in [2.24, 2.45) is 0 Å². The number of hydrogen-bond acceptors (Lipinski definition) is 6. The van der Waals surface area contributed by atoms with E-state index in [1.807, 2.05) is 25.9 Å². The normalized spacial score (nSPS) is 10.8. The molecule has 148 valence electrons. The first kappa shape index (κ1) is 20.6. The van der Waals surface area contributed by atoms with Crippen molar-refractivity contribution in [3.05, 3.63) is 35.4 Å². The van der Waals surface area contributed by atoms with Crippen LogP contribution in [0.25, 0.3) is 0 Å². The predicted molar refractivity (Wildman–Crippen MR) is 103 cm³/mol. The minimum Gasteiger partial charge on any atom is -0.496 e. The number of carbonyl (C=O) groups excluding carboxylic acids is 1. The Kier molecular flexibility index (Phi) is 7.06. The van der Waals surface area contributed by atoms with Gasteiger partial charge in [0.25, 0.3) is 5.91 Å². The van der Waals surface area contributed by atoms with Gasteiger partial charge >= 0.3 is 0 Å². The van der Waals surface area contributed by atoms with Crippen molar-refractivity contribution in [1.82, 2.24) is 19.8 Å². The molecule has 2 aromatic rings. The van der Waals surface area contributed by atoms with Crippen molar-refractivity contribution in [3.8, 4) is 17.2 Å². The van der Waals surface area contributed by atoms with Gasteiger partial charge in [0.15, 0.2) is 11.5 Å². The summed E-state index contributed by atoms with van der Waals surface area (Å²) in [6, 6.07) is 3.32. The number of aryl methyl sites for hydroxylation is 1. The molecule has 0 radical (unpaired) electrons. The van der Waals surface area contributed by atoms with Gasteiger partial charge < -0.3 is 29.0 Å². The van der Waals surface area contributed by atoms with Gasteiger partial charge in [-0.25, -0.2) is 4.98 Å². The van der Waals surface area contributed by atoms with E-state index in [1.54, 1.807) is 30.5 Å². The lowest BCUT2D eigenvalue weighted by atomic mass is 10.1. The van der Waals surface area contributed by atoms with Crippen LogP contribution < -0.4 is 14.2 Å². The molecule has 0 spiro atoms. The number of amides is 1. The molecule has 1 aromatic carbocycles. The molecule has 2 rings (SSSR count). The quantitative estimate of drug-likeness (QED) is 0.721. The molecule has 8 heteroatoms. The van der Waals surface area contributed by atoms with Crippen molar-refractivity contribution >= 4 is 5.91 Å². The minimum absolute atomic E-state index is 0.156. The van der Waals surface area contributed by atoms with Gasteiger partial charge in [0, 0.05) is 30.9 Å².